The van der Waals surface area contributed by atoms with E-state index < -0.39 is 23.3 Å². The third-order valence-electron chi connectivity index (χ3n) is 5.70. The minimum Gasteiger partial charge on any atom is -0.450 e. The molecule has 4 rings (SSSR count). The van der Waals surface area contributed by atoms with E-state index >= 15 is 0 Å². The lowest BCUT2D eigenvalue weighted by Gasteiger charge is -2.37. The molecule has 1 N–H and O–H groups in total. The van der Waals surface area contributed by atoms with Gasteiger partial charge in [-0.25, -0.2) is 4.79 Å². The number of hydrogen-bond acceptors (Lipinski definition) is 5. The maximum absolute atomic E-state index is 13.3. The standard InChI is InChI=1S/C19H20F3N3O3/c1-11-15(18(28-17(11)27)3-5-23-6-4-18)16(26)25-7-2-14-12(10-25)8-13(9-24-14)19(20,21)22/h8-9,23H,2-7,10H2,1H3. The van der Waals surface area contributed by atoms with E-state index in [0.717, 1.165) is 12.3 Å². The number of aromatic nitrogens is 1. The van der Waals surface area contributed by atoms with Gasteiger partial charge in [0.05, 0.1) is 11.1 Å². The molecule has 0 unspecified atom stereocenters. The molecular formula is C19H20F3N3O3. The fraction of sp³-hybridized carbons (Fsp3) is 0.526. The highest BCUT2D eigenvalue weighted by Gasteiger charge is 2.50. The van der Waals surface area contributed by atoms with Crippen molar-refractivity contribution < 1.29 is 27.5 Å². The van der Waals surface area contributed by atoms with Crippen molar-refractivity contribution in [3.05, 3.63) is 40.2 Å². The summed E-state index contributed by atoms with van der Waals surface area (Å²) in [7, 11) is 0. The number of ether oxygens (including phenoxy) is 1. The summed E-state index contributed by atoms with van der Waals surface area (Å²) >= 11 is 0. The molecule has 28 heavy (non-hydrogen) atoms. The molecule has 1 spiro atoms. The lowest BCUT2D eigenvalue weighted by atomic mass is 9.83. The number of esters is 1. The molecule has 4 heterocycles. The highest BCUT2D eigenvalue weighted by Crippen LogP contribution is 2.41. The fourth-order valence-corrected chi connectivity index (χ4v) is 4.20. The third-order valence-corrected chi connectivity index (χ3v) is 5.70. The lowest BCUT2D eigenvalue weighted by molar-refractivity contribution is -0.149. The van der Waals surface area contributed by atoms with Crippen LogP contribution in [0, 0.1) is 0 Å². The molecule has 9 heteroatoms. The van der Waals surface area contributed by atoms with Gasteiger partial charge in [0.1, 0.15) is 5.60 Å². The first-order valence-electron chi connectivity index (χ1n) is 9.21. The molecule has 1 aromatic heterocycles. The van der Waals surface area contributed by atoms with Crippen LogP contribution < -0.4 is 5.32 Å². The molecule has 6 nitrogen and oxygen atoms in total. The van der Waals surface area contributed by atoms with Gasteiger partial charge < -0.3 is 15.0 Å². The van der Waals surface area contributed by atoms with Crippen molar-refractivity contribution in [1.29, 1.82) is 0 Å². The first-order chi connectivity index (χ1) is 13.2. The van der Waals surface area contributed by atoms with Gasteiger partial charge in [0.15, 0.2) is 0 Å². The molecule has 1 fully saturated rings. The van der Waals surface area contributed by atoms with Crippen molar-refractivity contribution in [3.63, 3.8) is 0 Å². The Hall–Kier alpha value is -2.42. The Bertz CT molecular complexity index is 873. The number of carbonyl (C=O) groups is 2. The number of alkyl halides is 3. The summed E-state index contributed by atoms with van der Waals surface area (Å²) in [5.41, 5.74) is -0.168. The zero-order valence-corrected chi connectivity index (χ0v) is 15.4. The van der Waals surface area contributed by atoms with Gasteiger partial charge in [-0.2, -0.15) is 13.2 Å². The highest BCUT2D eigenvalue weighted by molar-refractivity contribution is 6.07. The molecule has 0 aromatic carbocycles. The SMILES string of the molecule is CC1=C(C(=O)N2CCc3ncc(C(F)(F)F)cc3C2)C2(CCNCC2)OC1=O. The molecule has 0 atom stereocenters. The van der Waals surface area contributed by atoms with Gasteiger partial charge in [0, 0.05) is 49.8 Å². The number of pyridine rings is 1. The summed E-state index contributed by atoms with van der Waals surface area (Å²) in [5.74, 6) is -0.836. The van der Waals surface area contributed by atoms with Crippen molar-refractivity contribution >= 4 is 11.9 Å². The van der Waals surface area contributed by atoms with Crippen molar-refractivity contribution in [2.24, 2.45) is 0 Å². The number of rotatable bonds is 1. The predicted molar refractivity (Wildman–Crippen MR) is 92.0 cm³/mol. The monoisotopic (exact) mass is 395 g/mol. The van der Waals surface area contributed by atoms with E-state index in [2.05, 4.69) is 10.3 Å². The molecule has 3 aliphatic rings. The summed E-state index contributed by atoms with van der Waals surface area (Å²) in [5, 5.41) is 3.18. The summed E-state index contributed by atoms with van der Waals surface area (Å²) < 4.78 is 44.6. The Morgan fingerprint density at radius 2 is 2.04 bits per heavy atom. The molecule has 1 amide bonds. The maximum atomic E-state index is 13.3. The van der Waals surface area contributed by atoms with E-state index in [1.807, 2.05) is 0 Å². The van der Waals surface area contributed by atoms with Crippen LogP contribution in [-0.4, -0.2) is 47.0 Å². The summed E-state index contributed by atoms with van der Waals surface area (Å²) in [6.45, 7) is 3.19. The Morgan fingerprint density at radius 3 is 2.71 bits per heavy atom. The molecular weight excluding hydrogens is 375 g/mol. The van der Waals surface area contributed by atoms with Crippen LogP contribution in [0.2, 0.25) is 0 Å². The molecule has 1 saturated heterocycles. The zero-order chi connectivity index (χ0) is 20.1. The minimum atomic E-state index is -4.49. The number of carbonyl (C=O) groups excluding carboxylic acids is 2. The van der Waals surface area contributed by atoms with Crippen LogP contribution >= 0.6 is 0 Å². The van der Waals surface area contributed by atoms with Gasteiger partial charge in [0.2, 0.25) is 0 Å². The normalized spacial score (nSPS) is 21.7. The van der Waals surface area contributed by atoms with E-state index in [1.165, 1.54) is 4.90 Å². The molecule has 3 aliphatic heterocycles. The van der Waals surface area contributed by atoms with E-state index in [1.54, 1.807) is 6.92 Å². The molecule has 0 saturated carbocycles. The van der Waals surface area contributed by atoms with Crippen LogP contribution in [0.15, 0.2) is 23.4 Å². The Morgan fingerprint density at radius 1 is 1.32 bits per heavy atom. The number of nitrogens with one attached hydrogen (secondary N) is 1. The van der Waals surface area contributed by atoms with Crippen LogP contribution in [-0.2, 0) is 33.5 Å². The number of hydrogen-bond donors (Lipinski definition) is 1. The summed E-state index contributed by atoms with van der Waals surface area (Å²) in [6, 6.07) is 1.06. The second-order valence-electron chi connectivity index (χ2n) is 7.44. The number of halogens is 3. The number of fused-ring (bicyclic) bond motifs is 1. The van der Waals surface area contributed by atoms with Crippen molar-refractivity contribution in [2.45, 2.75) is 44.5 Å². The Labute approximate surface area is 159 Å². The Balaban J connectivity index is 1.63. The molecule has 0 aliphatic carbocycles. The van der Waals surface area contributed by atoms with Gasteiger partial charge in [0.25, 0.3) is 5.91 Å². The van der Waals surface area contributed by atoms with Crippen LogP contribution in [0.5, 0.6) is 0 Å². The predicted octanol–water partition coefficient (Wildman–Crippen LogP) is 1.98. The topological polar surface area (TPSA) is 71.5 Å². The average Bonchev–Trinajstić information content (AvgIpc) is 2.89. The largest absolute Gasteiger partial charge is 0.450 e. The van der Waals surface area contributed by atoms with Crippen LogP contribution in [0.3, 0.4) is 0 Å². The van der Waals surface area contributed by atoms with E-state index in [-0.39, 0.29) is 12.5 Å². The Kier molecular flexibility index (Phi) is 4.45. The van der Waals surface area contributed by atoms with E-state index in [9.17, 15) is 22.8 Å². The highest BCUT2D eigenvalue weighted by atomic mass is 19.4. The van der Waals surface area contributed by atoms with Gasteiger partial charge in [-0.15, -0.1) is 0 Å². The van der Waals surface area contributed by atoms with Gasteiger partial charge in [-0.1, -0.05) is 0 Å². The maximum Gasteiger partial charge on any atom is 0.417 e. The molecule has 1 aromatic rings. The first kappa shape index (κ1) is 18.9. The van der Waals surface area contributed by atoms with Crippen molar-refractivity contribution in [3.8, 4) is 0 Å². The van der Waals surface area contributed by atoms with Gasteiger partial charge >= 0.3 is 12.1 Å². The van der Waals surface area contributed by atoms with Crippen LogP contribution in [0.4, 0.5) is 13.2 Å². The van der Waals surface area contributed by atoms with Crippen molar-refractivity contribution in [2.75, 3.05) is 19.6 Å². The smallest absolute Gasteiger partial charge is 0.417 e. The molecule has 0 bridgehead atoms. The quantitative estimate of drug-likeness (QED) is 0.737. The van der Waals surface area contributed by atoms with Gasteiger partial charge in [-0.3, -0.25) is 9.78 Å². The number of amides is 1. The molecule has 0 radical (unpaired) electrons. The summed E-state index contributed by atoms with van der Waals surface area (Å²) in [4.78, 5) is 30.9. The fourth-order valence-electron chi connectivity index (χ4n) is 4.20. The second-order valence-corrected chi connectivity index (χ2v) is 7.44. The second kappa shape index (κ2) is 6.58. The van der Waals surface area contributed by atoms with E-state index in [0.29, 0.717) is 61.3 Å². The van der Waals surface area contributed by atoms with Crippen LogP contribution in [0.25, 0.3) is 0 Å². The number of piperidine rings is 1. The summed E-state index contributed by atoms with van der Waals surface area (Å²) in [6.07, 6.45) is -2.29. The zero-order valence-electron chi connectivity index (χ0n) is 15.4. The third kappa shape index (κ3) is 3.07. The van der Waals surface area contributed by atoms with Crippen LogP contribution in [0.1, 0.15) is 36.6 Å². The average molecular weight is 395 g/mol. The molecule has 150 valence electrons. The minimum absolute atomic E-state index is 0.0321. The first-order valence-corrected chi connectivity index (χ1v) is 9.21. The number of nitrogens with zero attached hydrogens (tertiary/aromatic N) is 2. The van der Waals surface area contributed by atoms with E-state index in [4.69, 9.17) is 4.74 Å². The van der Waals surface area contributed by atoms with Gasteiger partial charge in [-0.05, 0) is 31.6 Å². The lowest BCUT2D eigenvalue weighted by Crippen LogP contribution is -2.48. The van der Waals surface area contributed by atoms with Crippen molar-refractivity contribution in [1.82, 2.24) is 15.2 Å².